The molecule has 6 nitrogen and oxygen atoms in total. The van der Waals surface area contributed by atoms with Gasteiger partial charge in [0, 0.05) is 56.4 Å². The van der Waals surface area contributed by atoms with Crippen LogP contribution in [0.3, 0.4) is 0 Å². The summed E-state index contributed by atoms with van der Waals surface area (Å²) in [5.74, 6) is 0.704. The zero-order valence-corrected chi connectivity index (χ0v) is 18.0. The predicted molar refractivity (Wildman–Crippen MR) is 121 cm³/mol. The number of carbonyl (C=O) groups is 1. The van der Waals surface area contributed by atoms with Gasteiger partial charge in [0.15, 0.2) is 0 Å². The Bertz CT molecular complexity index is 1060. The number of rotatable bonds is 4. The summed E-state index contributed by atoms with van der Waals surface area (Å²) in [6.07, 6.45) is 4.28. The summed E-state index contributed by atoms with van der Waals surface area (Å²) >= 11 is 1.46. The molecule has 31 heavy (non-hydrogen) atoms. The van der Waals surface area contributed by atoms with Gasteiger partial charge in [0.25, 0.3) is 5.91 Å². The highest BCUT2D eigenvalue weighted by atomic mass is 32.1. The Morgan fingerprint density at radius 1 is 0.935 bits per heavy atom. The number of anilines is 2. The van der Waals surface area contributed by atoms with Gasteiger partial charge in [0.05, 0.1) is 5.69 Å². The standard InChI is InChI=1S/C23H24FN5OS/c24-18-5-1-2-6-20(18)27-11-13-29(14-12-27)23(30)19-16-31-22(26-19)17-7-8-21(25-15-17)28-9-3-4-10-28/h1-2,5-8,15-16H,3-4,9-14H2. The molecule has 160 valence electrons. The van der Waals surface area contributed by atoms with Gasteiger partial charge >= 0.3 is 0 Å². The Morgan fingerprint density at radius 3 is 2.42 bits per heavy atom. The van der Waals surface area contributed by atoms with E-state index in [1.807, 2.05) is 34.7 Å². The average Bonchev–Trinajstić information content (AvgIpc) is 3.52. The molecule has 4 heterocycles. The molecular formula is C23H24FN5OS. The molecule has 3 aromatic rings. The average molecular weight is 438 g/mol. The first kappa shape index (κ1) is 19.9. The van der Waals surface area contributed by atoms with Crippen molar-refractivity contribution in [2.24, 2.45) is 0 Å². The van der Waals surface area contributed by atoms with Gasteiger partial charge in [-0.05, 0) is 37.1 Å². The van der Waals surface area contributed by atoms with Crippen LogP contribution >= 0.6 is 11.3 Å². The van der Waals surface area contributed by atoms with E-state index in [9.17, 15) is 9.18 Å². The van der Waals surface area contributed by atoms with Crippen LogP contribution in [0.25, 0.3) is 10.6 Å². The zero-order valence-electron chi connectivity index (χ0n) is 17.2. The Labute approximate surface area is 185 Å². The van der Waals surface area contributed by atoms with Gasteiger partial charge in [-0.1, -0.05) is 12.1 Å². The van der Waals surface area contributed by atoms with E-state index in [0.717, 1.165) is 29.5 Å². The van der Waals surface area contributed by atoms with Crippen molar-refractivity contribution >= 4 is 28.7 Å². The second kappa shape index (κ2) is 8.63. The van der Waals surface area contributed by atoms with E-state index in [1.165, 1.54) is 30.2 Å². The molecular weight excluding hydrogens is 413 g/mol. The number of amides is 1. The monoisotopic (exact) mass is 437 g/mol. The van der Waals surface area contributed by atoms with E-state index in [-0.39, 0.29) is 11.7 Å². The molecule has 0 unspecified atom stereocenters. The van der Waals surface area contributed by atoms with E-state index in [1.54, 1.807) is 17.0 Å². The first-order chi connectivity index (χ1) is 15.2. The maximum atomic E-state index is 14.0. The van der Waals surface area contributed by atoms with Crippen LogP contribution in [-0.4, -0.2) is 60.0 Å². The van der Waals surface area contributed by atoms with E-state index in [2.05, 4.69) is 14.9 Å². The lowest BCUT2D eigenvalue weighted by molar-refractivity contribution is 0.0741. The largest absolute Gasteiger partial charge is 0.366 e. The molecule has 1 amide bonds. The smallest absolute Gasteiger partial charge is 0.273 e. The Balaban J connectivity index is 1.23. The topological polar surface area (TPSA) is 52.6 Å². The first-order valence-corrected chi connectivity index (χ1v) is 11.5. The SMILES string of the molecule is O=C(c1csc(-c2ccc(N3CCCC3)nc2)n1)N1CCN(c2ccccc2F)CC1. The molecule has 5 rings (SSSR count). The van der Waals surface area contributed by atoms with E-state index in [4.69, 9.17) is 0 Å². The fourth-order valence-electron chi connectivity index (χ4n) is 4.17. The van der Waals surface area contributed by atoms with E-state index < -0.39 is 0 Å². The van der Waals surface area contributed by atoms with Crippen molar-refractivity contribution in [2.75, 3.05) is 49.1 Å². The Kier molecular flexibility index (Phi) is 5.55. The normalized spacial score (nSPS) is 16.7. The number of pyridine rings is 1. The Hall–Kier alpha value is -3.00. The van der Waals surface area contributed by atoms with Crippen LogP contribution < -0.4 is 9.80 Å². The summed E-state index contributed by atoms with van der Waals surface area (Å²) in [4.78, 5) is 28.2. The molecule has 0 spiro atoms. The van der Waals surface area contributed by atoms with Crippen LogP contribution in [-0.2, 0) is 0 Å². The van der Waals surface area contributed by atoms with Crippen LogP contribution in [0.15, 0.2) is 48.0 Å². The molecule has 2 fully saturated rings. The minimum Gasteiger partial charge on any atom is -0.366 e. The second-order valence-corrected chi connectivity index (χ2v) is 8.73. The number of nitrogens with zero attached hydrogens (tertiary/aromatic N) is 5. The summed E-state index contributed by atoms with van der Waals surface area (Å²) < 4.78 is 14.0. The number of benzene rings is 1. The number of hydrogen-bond acceptors (Lipinski definition) is 6. The van der Waals surface area contributed by atoms with Gasteiger partial charge < -0.3 is 14.7 Å². The highest BCUT2D eigenvalue weighted by Gasteiger charge is 2.25. The van der Waals surface area contributed by atoms with Gasteiger partial charge in [0.2, 0.25) is 0 Å². The predicted octanol–water partition coefficient (Wildman–Crippen LogP) is 3.91. The van der Waals surface area contributed by atoms with Crippen LogP contribution in [0.4, 0.5) is 15.9 Å². The minimum absolute atomic E-state index is 0.0719. The molecule has 0 atom stereocenters. The van der Waals surface area contributed by atoms with Gasteiger partial charge in [-0.15, -0.1) is 11.3 Å². The minimum atomic E-state index is -0.226. The van der Waals surface area contributed by atoms with Crippen molar-refractivity contribution in [3.05, 3.63) is 59.5 Å². The number of aromatic nitrogens is 2. The highest BCUT2D eigenvalue weighted by molar-refractivity contribution is 7.13. The molecule has 0 N–H and O–H groups in total. The first-order valence-electron chi connectivity index (χ1n) is 10.6. The third kappa shape index (κ3) is 4.12. The number of halogens is 1. The number of thiazole rings is 1. The molecule has 2 aromatic heterocycles. The molecule has 0 radical (unpaired) electrons. The van der Waals surface area contributed by atoms with Crippen LogP contribution in [0.1, 0.15) is 23.3 Å². The van der Waals surface area contributed by atoms with Gasteiger partial charge in [0.1, 0.15) is 22.3 Å². The van der Waals surface area contributed by atoms with Gasteiger partial charge in [-0.2, -0.15) is 0 Å². The van der Waals surface area contributed by atoms with Crippen molar-refractivity contribution < 1.29 is 9.18 Å². The Morgan fingerprint density at radius 2 is 1.71 bits per heavy atom. The molecule has 1 aromatic carbocycles. The molecule has 0 bridgehead atoms. The van der Waals surface area contributed by atoms with E-state index >= 15 is 0 Å². The lowest BCUT2D eigenvalue weighted by Gasteiger charge is -2.35. The number of para-hydroxylation sites is 1. The summed E-state index contributed by atoms with van der Waals surface area (Å²) in [6.45, 7) is 4.42. The fraction of sp³-hybridized carbons (Fsp3) is 0.348. The van der Waals surface area contributed by atoms with Gasteiger partial charge in [-0.3, -0.25) is 4.79 Å². The molecule has 0 saturated carbocycles. The maximum absolute atomic E-state index is 14.0. The lowest BCUT2D eigenvalue weighted by Crippen LogP contribution is -2.49. The summed E-state index contributed by atoms with van der Waals surface area (Å²) in [5, 5.41) is 2.61. The third-order valence-electron chi connectivity index (χ3n) is 5.91. The molecule has 2 saturated heterocycles. The molecule has 8 heteroatoms. The summed E-state index contributed by atoms with van der Waals surface area (Å²) in [6, 6.07) is 10.8. The lowest BCUT2D eigenvalue weighted by atomic mass is 10.2. The summed E-state index contributed by atoms with van der Waals surface area (Å²) in [5.41, 5.74) is 1.98. The van der Waals surface area contributed by atoms with Crippen molar-refractivity contribution in [3.63, 3.8) is 0 Å². The van der Waals surface area contributed by atoms with Crippen LogP contribution in [0, 0.1) is 5.82 Å². The third-order valence-corrected chi connectivity index (χ3v) is 6.80. The van der Waals surface area contributed by atoms with Crippen molar-refractivity contribution in [1.82, 2.24) is 14.9 Å². The van der Waals surface area contributed by atoms with Gasteiger partial charge in [-0.25, -0.2) is 14.4 Å². The summed E-state index contributed by atoms with van der Waals surface area (Å²) in [7, 11) is 0. The van der Waals surface area contributed by atoms with Crippen LogP contribution in [0.2, 0.25) is 0 Å². The quantitative estimate of drug-likeness (QED) is 0.620. The maximum Gasteiger partial charge on any atom is 0.273 e. The van der Waals surface area contributed by atoms with Crippen molar-refractivity contribution in [2.45, 2.75) is 12.8 Å². The molecule has 2 aliphatic rings. The van der Waals surface area contributed by atoms with Crippen molar-refractivity contribution in [3.8, 4) is 10.6 Å². The number of carbonyl (C=O) groups excluding carboxylic acids is 1. The molecule has 0 aliphatic carbocycles. The highest BCUT2D eigenvalue weighted by Crippen LogP contribution is 2.27. The zero-order chi connectivity index (χ0) is 21.2. The second-order valence-electron chi connectivity index (χ2n) is 7.87. The fourth-order valence-corrected chi connectivity index (χ4v) is 4.96. The van der Waals surface area contributed by atoms with E-state index in [0.29, 0.717) is 37.6 Å². The molecule has 2 aliphatic heterocycles. The van der Waals surface area contributed by atoms with Crippen molar-refractivity contribution in [1.29, 1.82) is 0 Å². The number of hydrogen-bond donors (Lipinski definition) is 0. The number of piperazine rings is 1. The van der Waals surface area contributed by atoms with Crippen LogP contribution in [0.5, 0.6) is 0 Å².